The fourth-order valence-corrected chi connectivity index (χ4v) is 2.87. The van der Waals surface area contributed by atoms with Crippen molar-refractivity contribution in [3.63, 3.8) is 0 Å². The zero-order chi connectivity index (χ0) is 11.2. The quantitative estimate of drug-likeness (QED) is 0.839. The van der Waals surface area contributed by atoms with E-state index in [1.165, 1.54) is 25.1 Å². The molecule has 88 valence electrons. The molecule has 1 aliphatic heterocycles. The van der Waals surface area contributed by atoms with Crippen LogP contribution in [0.15, 0.2) is 6.33 Å². The van der Waals surface area contributed by atoms with Crippen LogP contribution in [0, 0.1) is 5.92 Å². The highest BCUT2D eigenvalue weighted by Gasteiger charge is 2.44. The summed E-state index contributed by atoms with van der Waals surface area (Å²) in [5.41, 5.74) is 0.207. The van der Waals surface area contributed by atoms with Crippen LogP contribution in [0.2, 0.25) is 0 Å². The van der Waals surface area contributed by atoms with Gasteiger partial charge in [0.2, 0.25) is 0 Å². The number of aromatic nitrogens is 3. The van der Waals surface area contributed by atoms with Crippen LogP contribution in [0.1, 0.15) is 45.0 Å². The van der Waals surface area contributed by atoms with Crippen LogP contribution in [0.3, 0.4) is 0 Å². The van der Waals surface area contributed by atoms with E-state index in [4.69, 9.17) is 0 Å². The molecule has 1 aromatic rings. The van der Waals surface area contributed by atoms with Gasteiger partial charge in [-0.15, -0.1) is 10.2 Å². The Hall–Kier alpha value is -0.900. The zero-order valence-electron chi connectivity index (χ0n) is 10.1. The molecule has 0 spiro atoms. The molecule has 2 heterocycles. The molecule has 1 saturated carbocycles. The molecule has 3 rings (SSSR count). The third-order valence-corrected chi connectivity index (χ3v) is 4.25. The van der Waals surface area contributed by atoms with Gasteiger partial charge in [-0.2, -0.15) is 0 Å². The van der Waals surface area contributed by atoms with Crippen LogP contribution in [0.4, 0.5) is 0 Å². The Morgan fingerprint density at radius 2 is 2.31 bits per heavy atom. The summed E-state index contributed by atoms with van der Waals surface area (Å²) in [5.74, 6) is 1.83. The first-order valence-corrected chi connectivity index (χ1v) is 6.35. The molecular formula is C12H20N4. The topological polar surface area (TPSA) is 42.7 Å². The van der Waals surface area contributed by atoms with E-state index in [1.807, 2.05) is 6.33 Å². The molecule has 0 radical (unpaired) electrons. The molecule has 1 aromatic heterocycles. The van der Waals surface area contributed by atoms with E-state index in [9.17, 15) is 0 Å². The van der Waals surface area contributed by atoms with Crippen molar-refractivity contribution in [2.45, 2.75) is 44.6 Å². The lowest BCUT2D eigenvalue weighted by molar-refractivity contribution is 0.305. The zero-order valence-corrected chi connectivity index (χ0v) is 10.1. The van der Waals surface area contributed by atoms with Crippen molar-refractivity contribution in [1.82, 2.24) is 20.1 Å². The summed E-state index contributed by atoms with van der Waals surface area (Å²) < 4.78 is 2.33. The predicted molar refractivity (Wildman–Crippen MR) is 62.3 cm³/mol. The second-order valence-corrected chi connectivity index (χ2v) is 5.53. The van der Waals surface area contributed by atoms with E-state index in [-0.39, 0.29) is 5.41 Å². The maximum absolute atomic E-state index is 4.43. The largest absolute Gasteiger partial charge is 0.316 e. The maximum atomic E-state index is 4.43. The van der Waals surface area contributed by atoms with Crippen LogP contribution >= 0.6 is 0 Å². The summed E-state index contributed by atoms with van der Waals surface area (Å²) in [6, 6.07) is 0.682. The summed E-state index contributed by atoms with van der Waals surface area (Å²) in [5, 5.41) is 12.1. The van der Waals surface area contributed by atoms with Gasteiger partial charge in [-0.1, -0.05) is 13.8 Å². The first-order valence-electron chi connectivity index (χ1n) is 6.35. The molecule has 16 heavy (non-hydrogen) atoms. The average Bonchev–Trinajstić information content (AvgIpc) is 2.83. The first-order chi connectivity index (χ1) is 7.74. The minimum absolute atomic E-state index is 0.207. The average molecular weight is 220 g/mol. The number of hydrogen-bond acceptors (Lipinski definition) is 3. The van der Waals surface area contributed by atoms with Crippen molar-refractivity contribution in [1.29, 1.82) is 0 Å². The highest BCUT2D eigenvalue weighted by Crippen LogP contribution is 2.42. The molecule has 4 nitrogen and oxygen atoms in total. The van der Waals surface area contributed by atoms with Crippen LogP contribution in [0.5, 0.6) is 0 Å². The van der Waals surface area contributed by atoms with E-state index in [1.54, 1.807) is 0 Å². The van der Waals surface area contributed by atoms with Crippen molar-refractivity contribution in [3.8, 4) is 0 Å². The van der Waals surface area contributed by atoms with Gasteiger partial charge in [-0.3, -0.25) is 0 Å². The van der Waals surface area contributed by atoms with Crippen molar-refractivity contribution in [3.05, 3.63) is 12.2 Å². The fraction of sp³-hybridized carbons (Fsp3) is 0.833. The molecule has 1 atom stereocenters. The van der Waals surface area contributed by atoms with E-state index in [0.717, 1.165) is 13.1 Å². The van der Waals surface area contributed by atoms with E-state index >= 15 is 0 Å². The maximum Gasteiger partial charge on any atom is 0.140 e. The van der Waals surface area contributed by atoms with Crippen LogP contribution in [-0.4, -0.2) is 27.9 Å². The van der Waals surface area contributed by atoms with E-state index < -0.39 is 0 Å². The van der Waals surface area contributed by atoms with Gasteiger partial charge in [0.1, 0.15) is 12.2 Å². The van der Waals surface area contributed by atoms with Crippen LogP contribution in [-0.2, 0) is 5.41 Å². The van der Waals surface area contributed by atoms with Crippen molar-refractivity contribution >= 4 is 0 Å². The van der Waals surface area contributed by atoms with Gasteiger partial charge in [0, 0.05) is 18.0 Å². The molecule has 1 unspecified atom stereocenters. The summed E-state index contributed by atoms with van der Waals surface area (Å²) in [7, 11) is 0. The van der Waals surface area contributed by atoms with Gasteiger partial charge in [-0.05, 0) is 31.7 Å². The lowest BCUT2D eigenvalue weighted by Crippen LogP contribution is -2.37. The third kappa shape index (κ3) is 1.39. The molecule has 0 bridgehead atoms. The first kappa shape index (κ1) is 10.3. The highest BCUT2D eigenvalue weighted by atomic mass is 15.3. The number of nitrogens with zero attached hydrogens (tertiary/aromatic N) is 3. The lowest BCUT2D eigenvalue weighted by Gasteiger charge is -2.31. The predicted octanol–water partition coefficient (Wildman–Crippen LogP) is 1.50. The smallest absolute Gasteiger partial charge is 0.140 e. The second kappa shape index (κ2) is 3.55. The highest BCUT2D eigenvalue weighted by molar-refractivity contribution is 5.16. The number of nitrogens with one attached hydrogen (secondary N) is 1. The third-order valence-electron chi connectivity index (χ3n) is 4.25. The minimum Gasteiger partial charge on any atom is -0.316 e. The second-order valence-electron chi connectivity index (χ2n) is 5.53. The van der Waals surface area contributed by atoms with Gasteiger partial charge >= 0.3 is 0 Å². The van der Waals surface area contributed by atoms with Crippen LogP contribution in [0.25, 0.3) is 0 Å². The summed E-state index contributed by atoms with van der Waals surface area (Å²) in [6.45, 7) is 6.77. The lowest BCUT2D eigenvalue weighted by atomic mass is 9.75. The number of rotatable bonds is 3. The Labute approximate surface area is 96.4 Å². The molecule has 4 heteroatoms. The number of hydrogen-bond donors (Lipinski definition) is 1. The van der Waals surface area contributed by atoms with Crippen LogP contribution < -0.4 is 5.32 Å². The van der Waals surface area contributed by atoms with E-state index in [0.29, 0.717) is 12.0 Å². The molecule has 1 saturated heterocycles. The van der Waals surface area contributed by atoms with Gasteiger partial charge in [-0.25, -0.2) is 0 Å². The van der Waals surface area contributed by atoms with E-state index in [2.05, 4.69) is 33.9 Å². The minimum atomic E-state index is 0.207. The normalized spacial score (nSPS) is 30.2. The molecule has 2 fully saturated rings. The standard InChI is InChI=1S/C12H20N4/c1-9(2)12(5-6-13-7-12)11-15-14-8-16(11)10-3-4-10/h8-10,13H,3-7H2,1-2H3. The molecule has 1 aliphatic carbocycles. The van der Waals surface area contributed by atoms with Crippen molar-refractivity contribution in [2.75, 3.05) is 13.1 Å². The van der Waals surface area contributed by atoms with Gasteiger partial charge in [0.25, 0.3) is 0 Å². The van der Waals surface area contributed by atoms with Gasteiger partial charge < -0.3 is 9.88 Å². The Morgan fingerprint density at radius 1 is 1.50 bits per heavy atom. The molecule has 0 amide bonds. The Morgan fingerprint density at radius 3 is 2.88 bits per heavy atom. The molecule has 0 aromatic carbocycles. The summed E-state index contributed by atoms with van der Waals surface area (Å²) >= 11 is 0. The summed E-state index contributed by atoms with van der Waals surface area (Å²) in [6.07, 6.45) is 5.71. The molecular weight excluding hydrogens is 200 g/mol. The van der Waals surface area contributed by atoms with Crippen molar-refractivity contribution < 1.29 is 0 Å². The fourth-order valence-electron chi connectivity index (χ4n) is 2.87. The SMILES string of the molecule is CC(C)C1(c2nncn2C2CC2)CCNC1. The Bertz CT molecular complexity index is 372. The Balaban J connectivity index is 2.01. The molecule has 1 N–H and O–H groups in total. The van der Waals surface area contributed by atoms with Gasteiger partial charge in [0.15, 0.2) is 0 Å². The summed E-state index contributed by atoms with van der Waals surface area (Å²) in [4.78, 5) is 0. The molecule has 2 aliphatic rings. The van der Waals surface area contributed by atoms with Crippen molar-refractivity contribution in [2.24, 2.45) is 5.92 Å². The Kier molecular flexibility index (Phi) is 2.28. The monoisotopic (exact) mass is 220 g/mol. The van der Waals surface area contributed by atoms with Gasteiger partial charge in [0.05, 0.1) is 0 Å².